The minimum absolute atomic E-state index is 0.147. The number of hydrogen-bond acceptors (Lipinski definition) is 2. The summed E-state index contributed by atoms with van der Waals surface area (Å²) in [5.74, 6) is -4.87. The molecule has 1 rings (SSSR count). The zero-order valence-corrected chi connectivity index (χ0v) is 9.08. The van der Waals surface area contributed by atoms with E-state index in [1.807, 2.05) is 0 Å². The summed E-state index contributed by atoms with van der Waals surface area (Å²) >= 11 is 0.654. The summed E-state index contributed by atoms with van der Waals surface area (Å²) < 4.78 is 61.9. The molecule has 0 bridgehead atoms. The van der Waals surface area contributed by atoms with Crippen molar-refractivity contribution in [1.29, 1.82) is 5.26 Å². The molecule has 1 atom stereocenters. The Morgan fingerprint density at radius 3 is 2.35 bits per heavy atom. The monoisotopic (exact) mass is 267 g/mol. The minimum atomic E-state index is -4.61. The SMILES string of the molecule is N#CC(CSc1ccc(F)c(F)c1)C(F)(F)F. The molecule has 0 saturated heterocycles. The Bertz CT molecular complexity index is 437. The molecule has 0 aliphatic carbocycles. The molecule has 1 aromatic carbocycles. The average molecular weight is 267 g/mol. The van der Waals surface area contributed by atoms with Gasteiger partial charge in [0.15, 0.2) is 17.6 Å². The first-order valence-electron chi connectivity index (χ1n) is 4.38. The Labute approximate surface area is 98.2 Å². The van der Waals surface area contributed by atoms with E-state index in [9.17, 15) is 22.0 Å². The van der Waals surface area contributed by atoms with E-state index >= 15 is 0 Å². The molecule has 0 heterocycles. The van der Waals surface area contributed by atoms with E-state index in [0.29, 0.717) is 11.8 Å². The second kappa shape index (κ2) is 5.36. The van der Waals surface area contributed by atoms with E-state index in [1.165, 1.54) is 0 Å². The number of nitriles is 1. The van der Waals surface area contributed by atoms with Crippen LogP contribution in [0.1, 0.15) is 0 Å². The van der Waals surface area contributed by atoms with E-state index in [-0.39, 0.29) is 4.90 Å². The van der Waals surface area contributed by atoms with Crippen LogP contribution in [0.15, 0.2) is 23.1 Å². The zero-order chi connectivity index (χ0) is 13.1. The topological polar surface area (TPSA) is 23.8 Å². The molecule has 1 aromatic rings. The van der Waals surface area contributed by atoms with Crippen LogP contribution in [0.2, 0.25) is 0 Å². The van der Waals surface area contributed by atoms with Crippen molar-refractivity contribution in [1.82, 2.24) is 0 Å². The van der Waals surface area contributed by atoms with Gasteiger partial charge in [-0.1, -0.05) is 0 Å². The van der Waals surface area contributed by atoms with Crippen LogP contribution in [0, 0.1) is 28.9 Å². The number of alkyl halides is 3. The van der Waals surface area contributed by atoms with Gasteiger partial charge in [0.1, 0.15) is 0 Å². The van der Waals surface area contributed by atoms with Gasteiger partial charge >= 0.3 is 6.18 Å². The number of hydrogen-bond donors (Lipinski definition) is 0. The molecule has 92 valence electrons. The molecule has 1 unspecified atom stereocenters. The van der Waals surface area contributed by atoms with E-state index in [2.05, 4.69) is 0 Å². The maximum atomic E-state index is 12.7. The van der Waals surface area contributed by atoms with Crippen molar-refractivity contribution in [2.45, 2.75) is 11.1 Å². The molecule has 7 heteroatoms. The number of rotatable bonds is 3. The van der Waals surface area contributed by atoms with Gasteiger partial charge < -0.3 is 0 Å². The van der Waals surface area contributed by atoms with Gasteiger partial charge in [-0.3, -0.25) is 0 Å². The molecule has 0 aliphatic heterocycles. The van der Waals surface area contributed by atoms with Crippen molar-refractivity contribution < 1.29 is 22.0 Å². The predicted octanol–water partition coefficient (Wildman–Crippen LogP) is 3.76. The van der Waals surface area contributed by atoms with Crippen LogP contribution in [0.5, 0.6) is 0 Å². The van der Waals surface area contributed by atoms with Gasteiger partial charge in [0.25, 0.3) is 0 Å². The minimum Gasteiger partial charge on any atom is -0.204 e. The maximum Gasteiger partial charge on any atom is 0.405 e. The van der Waals surface area contributed by atoms with Crippen molar-refractivity contribution in [3.8, 4) is 6.07 Å². The van der Waals surface area contributed by atoms with Crippen LogP contribution < -0.4 is 0 Å². The summed E-state index contributed by atoms with van der Waals surface area (Å²) in [5, 5.41) is 8.32. The molecule has 0 radical (unpaired) electrons. The highest BCUT2D eigenvalue weighted by Gasteiger charge is 2.39. The Morgan fingerprint density at radius 2 is 1.88 bits per heavy atom. The fraction of sp³-hybridized carbons (Fsp3) is 0.300. The molecular formula is C10H6F5NS. The molecule has 0 N–H and O–H groups in total. The molecule has 0 saturated carbocycles. The van der Waals surface area contributed by atoms with Gasteiger partial charge in [0.2, 0.25) is 0 Å². The van der Waals surface area contributed by atoms with Crippen LogP contribution in [0.4, 0.5) is 22.0 Å². The summed E-state index contributed by atoms with van der Waals surface area (Å²) in [6.45, 7) is 0. The van der Waals surface area contributed by atoms with Crippen molar-refractivity contribution in [2.75, 3.05) is 5.75 Å². The average Bonchev–Trinajstić information content (AvgIpc) is 2.22. The highest BCUT2D eigenvalue weighted by molar-refractivity contribution is 7.99. The van der Waals surface area contributed by atoms with Crippen LogP contribution in [0.25, 0.3) is 0 Å². The van der Waals surface area contributed by atoms with Gasteiger partial charge in [0.05, 0.1) is 6.07 Å². The Hall–Kier alpha value is -1.29. The zero-order valence-electron chi connectivity index (χ0n) is 8.26. The van der Waals surface area contributed by atoms with Crippen LogP contribution in [-0.2, 0) is 0 Å². The van der Waals surface area contributed by atoms with Gasteiger partial charge in [-0.25, -0.2) is 8.78 Å². The number of thioether (sulfide) groups is 1. The summed E-state index contributed by atoms with van der Waals surface area (Å²) in [5.41, 5.74) is 0. The molecule has 0 aliphatic rings. The molecule has 0 aromatic heterocycles. The standard InChI is InChI=1S/C10H6F5NS/c11-8-2-1-7(3-9(8)12)17-5-6(4-16)10(13,14)15/h1-3,6H,5H2. The summed E-state index contributed by atoms with van der Waals surface area (Å²) in [4.78, 5) is 0.147. The summed E-state index contributed by atoms with van der Waals surface area (Å²) in [7, 11) is 0. The van der Waals surface area contributed by atoms with E-state index in [1.54, 1.807) is 0 Å². The van der Waals surface area contributed by atoms with Gasteiger partial charge in [-0.2, -0.15) is 18.4 Å². The highest BCUT2D eigenvalue weighted by Crippen LogP contribution is 2.31. The second-order valence-electron chi connectivity index (χ2n) is 3.11. The summed E-state index contributed by atoms with van der Waals surface area (Å²) in [6.07, 6.45) is -4.61. The summed E-state index contributed by atoms with van der Waals surface area (Å²) in [6, 6.07) is 3.91. The van der Waals surface area contributed by atoms with E-state index in [0.717, 1.165) is 24.3 Å². The lowest BCUT2D eigenvalue weighted by Gasteiger charge is -2.12. The van der Waals surface area contributed by atoms with Crippen molar-refractivity contribution in [2.24, 2.45) is 5.92 Å². The molecular weight excluding hydrogens is 261 g/mol. The first-order chi connectivity index (χ1) is 7.84. The number of halogens is 5. The number of benzene rings is 1. The van der Waals surface area contributed by atoms with Crippen molar-refractivity contribution >= 4 is 11.8 Å². The lowest BCUT2D eigenvalue weighted by atomic mass is 10.2. The smallest absolute Gasteiger partial charge is 0.204 e. The van der Waals surface area contributed by atoms with Gasteiger partial charge in [-0.15, -0.1) is 11.8 Å². The van der Waals surface area contributed by atoms with Gasteiger partial charge in [-0.05, 0) is 18.2 Å². The second-order valence-corrected chi connectivity index (χ2v) is 4.20. The third kappa shape index (κ3) is 3.89. The Kier molecular flexibility index (Phi) is 4.34. The quantitative estimate of drug-likeness (QED) is 0.615. The highest BCUT2D eigenvalue weighted by atomic mass is 32.2. The fourth-order valence-corrected chi connectivity index (χ4v) is 1.92. The lowest BCUT2D eigenvalue weighted by Crippen LogP contribution is -2.23. The maximum absolute atomic E-state index is 12.7. The third-order valence-corrected chi connectivity index (χ3v) is 2.95. The fourth-order valence-electron chi connectivity index (χ4n) is 0.951. The van der Waals surface area contributed by atoms with Crippen LogP contribution >= 0.6 is 11.8 Å². The largest absolute Gasteiger partial charge is 0.405 e. The van der Waals surface area contributed by atoms with E-state index in [4.69, 9.17) is 5.26 Å². The van der Waals surface area contributed by atoms with Crippen molar-refractivity contribution in [3.05, 3.63) is 29.8 Å². The predicted molar refractivity (Wildman–Crippen MR) is 52.2 cm³/mol. The van der Waals surface area contributed by atoms with Crippen LogP contribution in [0.3, 0.4) is 0 Å². The lowest BCUT2D eigenvalue weighted by molar-refractivity contribution is -0.152. The Balaban J connectivity index is 2.67. The third-order valence-electron chi connectivity index (χ3n) is 1.86. The first-order valence-corrected chi connectivity index (χ1v) is 5.37. The number of nitrogens with zero attached hydrogens (tertiary/aromatic N) is 1. The van der Waals surface area contributed by atoms with Crippen LogP contribution in [-0.4, -0.2) is 11.9 Å². The Morgan fingerprint density at radius 1 is 1.24 bits per heavy atom. The molecule has 17 heavy (non-hydrogen) atoms. The molecule has 0 spiro atoms. The molecule has 0 fully saturated rings. The van der Waals surface area contributed by atoms with Gasteiger partial charge in [0, 0.05) is 10.6 Å². The molecule has 0 amide bonds. The normalized spacial score (nSPS) is 13.2. The van der Waals surface area contributed by atoms with E-state index < -0.39 is 29.5 Å². The first kappa shape index (κ1) is 13.8. The molecule has 1 nitrogen and oxygen atoms in total. The van der Waals surface area contributed by atoms with Crippen molar-refractivity contribution in [3.63, 3.8) is 0 Å².